The third-order valence-corrected chi connectivity index (χ3v) is 3.12. The molecule has 0 bridgehead atoms. The molecule has 0 spiro atoms. The van der Waals surface area contributed by atoms with Crippen molar-refractivity contribution >= 4 is 17.7 Å². The molecule has 24 heavy (non-hydrogen) atoms. The van der Waals surface area contributed by atoms with Crippen molar-refractivity contribution in [2.45, 2.75) is 87.2 Å². The van der Waals surface area contributed by atoms with Gasteiger partial charge in [-0.25, -0.2) is 0 Å². The van der Waals surface area contributed by atoms with Crippen LogP contribution in [-0.2, 0) is 19.1 Å². The zero-order valence-electron chi connectivity index (χ0n) is 15.9. The van der Waals surface area contributed by atoms with Gasteiger partial charge in [-0.2, -0.15) is 0 Å². The first-order chi connectivity index (χ1) is 10.7. The zero-order chi connectivity index (χ0) is 18.7. The number of rotatable bonds is 3. The summed E-state index contributed by atoms with van der Waals surface area (Å²) in [5.74, 6) is -0.908. The second-order valence-electron chi connectivity index (χ2n) is 5.88. The lowest BCUT2D eigenvalue weighted by Crippen LogP contribution is -2.38. The zero-order valence-corrected chi connectivity index (χ0v) is 15.9. The largest absolute Gasteiger partial charge is 0.469 e. The maximum absolute atomic E-state index is 12.3. The highest BCUT2D eigenvalue weighted by Gasteiger charge is 2.48. The lowest BCUT2D eigenvalue weighted by molar-refractivity contribution is -0.171. The van der Waals surface area contributed by atoms with Gasteiger partial charge in [0.25, 0.3) is 0 Å². The van der Waals surface area contributed by atoms with Crippen molar-refractivity contribution in [2.24, 2.45) is 10.6 Å². The topological polar surface area (TPSA) is 85.2 Å². The summed E-state index contributed by atoms with van der Waals surface area (Å²) >= 11 is 0. The molecule has 1 N–H and O–H groups in total. The van der Waals surface area contributed by atoms with Crippen molar-refractivity contribution in [3.8, 4) is 0 Å². The molecule has 1 atom stereocenters. The van der Waals surface area contributed by atoms with E-state index in [4.69, 9.17) is 9.94 Å². The minimum absolute atomic E-state index is 0. The van der Waals surface area contributed by atoms with E-state index in [-0.39, 0.29) is 20.3 Å². The average Bonchev–Trinajstić information content (AvgIpc) is 2.94. The third-order valence-electron chi connectivity index (χ3n) is 3.12. The molecule has 1 unspecified atom stereocenters. The molecule has 144 valence electrons. The van der Waals surface area contributed by atoms with Gasteiger partial charge in [0.2, 0.25) is 0 Å². The fourth-order valence-corrected chi connectivity index (χ4v) is 2.17. The Kier molecular flexibility index (Phi) is 14.5. The number of hydrogen-bond donors (Lipinski definition) is 1. The van der Waals surface area contributed by atoms with Crippen LogP contribution in [0, 0.1) is 5.41 Å². The summed E-state index contributed by atoms with van der Waals surface area (Å²) in [4.78, 5) is 23.8. The van der Waals surface area contributed by atoms with Crippen LogP contribution in [0.25, 0.3) is 0 Å². The summed E-state index contributed by atoms with van der Waals surface area (Å²) in [6, 6.07) is 0. The molecule has 0 aliphatic heterocycles. The van der Waals surface area contributed by atoms with Gasteiger partial charge in [0.15, 0.2) is 0 Å². The molecular formula is C18H37NO5. The van der Waals surface area contributed by atoms with Crippen molar-refractivity contribution < 1.29 is 24.3 Å². The van der Waals surface area contributed by atoms with Gasteiger partial charge < -0.3 is 14.7 Å². The molecule has 6 heteroatoms. The van der Waals surface area contributed by atoms with Crippen molar-refractivity contribution in [3.63, 3.8) is 0 Å². The highest BCUT2D eigenvalue weighted by Crippen LogP contribution is 2.42. The van der Waals surface area contributed by atoms with Gasteiger partial charge in [-0.05, 0) is 33.6 Å². The van der Waals surface area contributed by atoms with Gasteiger partial charge >= 0.3 is 11.9 Å². The number of oxime groups is 1. The molecule has 6 nitrogen and oxygen atoms in total. The predicted octanol–water partition coefficient (Wildman–Crippen LogP) is 4.58. The fraction of sp³-hybridized carbons (Fsp3) is 0.833. The van der Waals surface area contributed by atoms with Gasteiger partial charge in [0, 0.05) is 6.42 Å². The molecule has 0 saturated heterocycles. The van der Waals surface area contributed by atoms with Crippen LogP contribution >= 0.6 is 0 Å². The van der Waals surface area contributed by atoms with E-state index in [1.54, 1.807) is 20.8 Å². The molecule has 0 heterocycles. The minimum atomic E-state index is -0.970. The Morgan fingerprint density at radius 2 is 1.71 bits per heavy atom. The Hall–Kier alpha value is -1.59. The van der Waals surface area contributed by atoms with Crippen molar-refractivity contribution in [1.29, 1.82) is 0 Å². The molecule has 0 radical (unpaired) electrons. The van der Waals surface area contributed by atoms with Crippen LogP contribution in [0.3, 0.4) is 0 Å². The lowest BCUT2D eigenvalue weighted by Gasteiger charge is -2.29. The number of esters is 2. The van der Waals surface area contributed by atoms with E-state index in [2.05, 4.69) is 9.89 Å². The third kappa shape index (κ3) is 8.89. The lowest BCUT2D eigenvalue weighted by atomic mass is 9.82. The molecular weight excluding hydrogens is 310 g/mol. The number of ether oxygens (including phenoxy) is 2. The van der Waals surface area contributed by atoms with Crippen LogP contribution in [0.5, 0.6) is 0 Å². The quantitative estimate of drug-likeness (QED) is 0.459. The minimum Gasteiger partial charge on any atom is -0.469 e. The first-order valence-electron chi connectivity index (χ1n) is 8.22. The number of nitrogens with zero attached hydrogens (tertiary/aromatic N) is 1. The van der Waals surface area contributed by atoms with E-state index in [9.17, 15) is 9.59 Å². The molecule has 1 saturated carbocycles. The van der Waals surface area contributed by atoms with E-state index in [0.717, 1.165) is 0 Å². The van der Waals surface area contributed by atoms with E-state index in [0.29, 0.717) is 18.6 Å². The normalized spacial score (nSPS) is 20.6. The van der Waals surface area contributed by atoms with Gasteiger partial charge in [-0.15, -0.1) is 0 Å². The van der Waals surface area contributed by atoms with Gasteiger partial charge in [0.05, 0.1) is 24.7 Å². The van der Waals surface area contributed by atoms with Crippen molar-refractivity contribution in [3.05, 3.63) is 0 Å². The average molecular weight is 347 g/mol. The Bertz CT molecular complexity index is 399. The van der Waals surface area contributed by atoms with Gasteiger partial charge in [-0.1, -0.05) is 40.3 Å². The number of carbonyl (C=O) groups is 2. The van der Waals surface area contributed by atoms with E-state index in [1.807, 2.05) is 27.7 Å². The maximum atomic E-state index is 12.3. The standard InChI is InChI=1S/C13H21NO5.2C2H6.CH4/c1-12(2,3)19-11(16)13(8-10(15)18-4)6-5-9(7-13)14-17;2*1-2;/h17H,5-8H2,1-4H3;2*1-2H3;1H4/b14-9+;;;. The predicted molar refractivity (Wildman–Crippen MR) is 97.4 cm³/mol. The highest BCUT2D eigenvalue weighted by molar-refractivity contribution is 5.95. The number of carbonyl (C=O) groups excluding carboxylic acids is 2. The maximum Gasteiger partial charge on any atom is 0.313 e. The Morgan fingerprint density at radius 1 is 1.21 bits per heavy atom. The van der Waals surface area contributed by atoms with E-state index >= 15 is 0 Å². The Balaban J connectivity index is -0.000000817. The molecule has 0 aromatic carbocycles. The Morgan fingerprint density at radius 3 is 2.04 bits per heavy atom. The number of methoxy groups -OCH3 is 1. The molecule has 1 fully saturated rings. The summed E-state index contributed by atoms with van der Waals surface area (Å²) < 4.78 is 10.0. The van der Waals surface area contributed by atoms with Crippen molar-refractivity contribution in [2.75, 3.05) is 7.11 Å². The van der Waals surface area contributed by atoms with Crippen LogP contribution in [0.1, 0.15) is 81.6 Å². The Labute approximate surface area is 147 Å². The monoisotopic (exact) mass is 347 g/mol. The summed E-state index contributed by atoms with van der Waals surface area (Å²) in [5, 5.41) is 12.0. The second kappa shape index (κ2) is 12.8. The summed E-state index contributed by atoms with van der Waals surface area (Å²) in [5.41, 5.74) is -1.09. The molecule has 1 aliphatic rings. The van der Waals surface area contributed by atoms with Crippen LogP contribution in [0.4, 0.5) is 0 Å². The van der Waals surface area contributed by atoms with Crippen LogP contribution in [0.2, 0.25) is 0 Å². The first-order valence-corrected chi connectivity index (χ1v) is 8.22. The van der Waals surface area contributed by atoms with Gasteiger partial charge in [0.1, 0.15) is 5.60 Å². The summed E-state index contributed by atoms with van der Waals surface area (Å²) in [7, 11) is 1.28. The van der Waals surface area contributed by atoms with E-state index < -0.39 is 23.0 Å². The van der Waals surface area contributed by atoms with Crippen LogP contribution in [-0.4, -0.2) is 35.6 Å². The molecule has 0 amide bonds. The molecule has 1 aliphatic carbocycles. The molecule has 1 rings (SSSR count). The highest BCUT2D eigenvalue weighted by atomic mass is 16.6. The van der Waals surface area contributed by atoms with Crippen LogP contribution in [0.15, 0.2) is 5.16 Å². The molecule has 0 aromatic heterocycles. The number of hydrogen-bond acceptors (Lipinski definition) is 6. The second-order valence-corrected chi connectivity index (χ2v) is 5.88. The summed E-state index contributed by atoms with van der Waals surface area (Å²) in [6.45, 7) is 13.3. The fourth-order valence-electron chi connectivity index (χ4n) is 2.17. The van der Waals surface area contributed by atoms with Crippen molar-refractivity contribution in [1.82, 2.24) is 0 Å². The molecule has 0 aromatic rings. The SMILES string of the molecule is C.CC.CC.COC(=O)CC1(C(=O)OC(C)(C)C)CC/C(=N\O)C1. The van der Waals surface area contributed by atoms with Gasteiger partial charge in [-0.3, -0.25) is 9.59 Å². The van der Waals surface area contributed by atoms with Crippen LogP contribution < -0.4 is 0 Å². The van der Waals surface area contributed by atoms with E-state index in [1.165, 1.54) is 7.11 Å². The smallest absolute Gasteiger partial charge is 0.313 e. The summed E-state index contributed by atoms with van der Waals surface area (Å²) in [6.07, 6.45) is 1.08. The first kappa shape index (κ1) is 27.3.